The van der Waals surface area contributed by atoms with E-state index in [1.807, 2.05) is 18.2 Å². The van der Waals surface area contributed by atoms with Crippen LogP contribution in [0.4, 0.5) is 0 Å². The van der Waals surface area contributed by atoms with Crippen LogP contribution in [0.15, 0.2) is 72.8 Å². The van der Waals surface area contributed by atoms with Crippen LogP contribution in [0.2, 0.25) is 0 Å². The van der Waals surface area contributed by atoms with Crippen molar-refractivity contribution in [2.75, 3.05) is 13.1 Å². The number of carbonyl (C=O) groups is 2. The van der Waals surface area contributed by atoms with Gasteiger partial charge in [-0.2, -0.15) is 0 Å². The molecule has 0 radical (unpaired) electrons. The lowest BCUT2D eigenvalue weighted by Gasteiger charge is -2.31. The molecule has 4 aliphatic heterocycles. The summed E-state index contributed by atoms with van der Waals surface area (Å²) in [5, 5.41) is 6.61. The van der Waals surface area contributed by atoms with E-state index < -0.39 is 0 Å². The Balaban J connectivity index is 0.698. The van der Waals surface area contributed by atoms with Gasteiger partial charge in [0.2, 0.25) is 0 Å². The summed E-state index contributed by atoms with van der Waals surface area (Å²) < 4.78 is 0. The predicted molar refractivity (Wildman–Crippen MR) is 198 cm³/mol. The molecule has 2 amide bonds. The van der Waals surface area contributed by atoms with Crippen LogP contribution < -0.4 is 10.6 Å². The van der Waals surface area contributed by atoms with Crippen molar-refractivity contribution in [2.24, 2.45) is 11.8 Å². The molecule has 50 heavy (non-hydrogen) atoms. The minimum absolute atomic E-state index is 0.0513. The summed E-state index contributed by atoms with van der Waals surface area (Å²) >= 11 is 0. The van der Waals surface area contributed by atoms with Gasteiger partial charge in [0.25, 0.3) is 11.8 Å². The molecule has 4 bridgehead atoms. The minimum Gasteiger partial charge on any atom is -0.349 e. The summed E-state index contributed by atoms with van der Waals surface area (Å²) in [5.41, 5.74) is 7.46. The topological polar surface area (TPSA) is 64.7 Å². The molecule has 4 fully saturated rings. The third-order valence-electron chi connectivity index (χ3n) is 13.8. The molecule has 6 heteroatoms. The first-order chi connectivity index (χ1) is 24.6. The summed E-state index contributed by atoms with van der Waals surface area (Å²) in [6.45, 7) is 2.38. The van der Waals surface area contributed by atoms with Gasteiger partial charge in [-0.05, 0) is 155 Å². The van der Waals surface area contributed by atoms with Crippen LogP contribution in [0.5, 0.6) is 0 Å². The van der Waals surface area contributed by atoms with Gasteiger partial charge in [-0.15, -0.1) is 0 Å². The van der Waals surface area contributed by atoms with Crippen molar-refractivity contribution in [3.8, 4) is 0 Å². The summed E-state index contributed by atoms with van der Waals surface area (Å²) in [7, 11) is 0. The van der Waals surface area contributed by atoms with E-state index in [-0.39, 0.29) is 23.9 Å². The molecule has 0 aromatic heterocycles. The molecule has 6 aliphatic rings. The molecule has 3 aromatic rings. The van der Waals surface area contributed by atoms with E-state index in [1.165, 1.54) is 77.3 Å². The van der Waals surface area contributed by atoms with Gasteiger partial charge in [-0.1, -0.05) is 54.6 Å². The fraction of sp³-hybridized carbons (Fsp3) is 0.545. The molecule has 4 atom stereocenters. The Morgan fingerprint density at radius 1 is 0.480 bits per heavy atom. The van der Waals surface area contributed by atoms with E-state index in [4.69, 9.17) is 0 Å². The van der Waals surface area contributed by atoms with Gasteiger partial charge in [-0.25, -0.2) is 0 Å². The molecular weight excluding hydrogens is 617 g/mol. The highest BCUT2D eigenvalue weighted by Crippen LogP contribution is 2.54. The fourth-order valence-electron chi connectivity index (χ4n) is 11.1. The molecule has 262 valence electrons. The highest BCUT2D eigenvalue weighted by Gasteiger charge is 2.44. The number of hydrogen-bond donors (Lipinski definition) is 2. The van der Waals surface area contributed by atoms with E-state index in [9.17, 15) is 9.59 Å². The lowest BCUT2D eigenvalue weighted by Crippen LogP contribution is -2.39. The third kappa shape index (κ3) is 6.21. The SMILES string of the molecule is O=C(NC1CCC(CCN2[C@@H]3CC[C@H]2c2ccccc23)CC1)c1cccc(C(=O)NC2CCC(CCN3[C@@H]4CC[C@H]3c3ccccc34)CC2)c1. The number of carbonyl (C=O) groups excluding carboxylic acids is 2. The largest absolute Gasteiger partial charge is 0.349 e. The molecule has 0 spiro atoms. The molecular formula is C44H54N4O2. The zero-order valence-electron chi connectivity index (χ0n) is 29.6. The Kier molecular flexibility index (Phi) is 9.03. The van der Waals surface area contributed by atoms with Crippen molar-refractivity contribution >= 4 is 11.8 Å². The first kappa shape index (κ1) is 32.4. The van der Waals surface area contributed by atoms with Crippen LogP contribution in [-0.2, 0) is 0 Å². The van der Waals surface area contributed by atoms with Crippen molar-refractivity contribution in [3.63, 3.8) is 0 Å². The van der Waals surface area contributed by atoms with Crippen LogP contribution in [0.25, 0.3) is 0 Å². The van der Waals surface area contributed by atoms with Crippen LogP contribution >= 0.6 is 0 Å². The average molecular weight is 671 g/mol. The number of hydrogen-bond acceptors (Lipinski definition) is 4. The second-order valence-electron chi connectivity index (χ2n) is 16.5. The minimum atomic E-state index is -0.0513. The molecule has 3 aromatic carbocycles. The first-order valence-corrected chi connectivity index (χ1v) is 20.0. The second kappa shape index (κ2) is 13.9. The lowest BCUT2D eigenvalue weighted by atomic mass is 9.83. The third-order valence-corrected chi connectivity index (χ3v) is 13.8. The zero-order chi connectivity index (χ0) is 33.6. The predicted octanol–water partition coefficient (Wildman–Crippen LogP) is 8.83. The molecule has 4 heterocycles. The fourth-order valence-corrected chi connectivity index (χ4v) is 11.1. The Bertz CT molecular complexity index is 1520. The molecule has 2 saturated carbocycles. The molecule has 2 N–H and O–H groups in total. The van der Waals surface area contributed by atoms with Crippen molar-refractivity contribution < 1.29 is 9.59 Å². The average Bonchev–Trinajstić information content (AvgIpc) is 3.92. The van der Waals surface area contributed by atoms with E-state index >= 15 is 0 Å². The maximum Gasteiger partial charge on any atom is 0.251 e. The van der Waals surface area contributed by atoms with Gasteiger partial charge >= 0.3 is 0 Å². The van der Waals surface area contributed by atoms with Crippen LogP contribution in [0.3, 0.4) is 0 Å². The van der Waals surface area contributed by atoms with Gasteiger partial charge in [0.1, 0.15) is 0 Å². The first-order valence-electron chi connectivity index (χ1n) is 20.0. The van der Waals surface area contributed by atoms with Gasteiger partial charge in [0.15, 0.2) is 0 Å². The Labute approximate surface area is 298 Å². The van der Waals surface area contributed by atoms with Crippen molar-refractivity contribution in [3.05, 3.63) is 106 Å². The maximum absolute atomic E-state index is 13.3. The van der Waals surface area contributed by atoms with Gasteiger partial charge < -0.3 is 10.6 Å². The standard InChI is InChI=1S/C44H54N4O2/c49-43(45-33-16-12-29(13-17-33)24-26-47-39-20-21-40(47)36-9-2-1-8-35(36)39)31-6-5-7-32(28-31)44(50)46-34-18-14-30(15-19-34)25-27-48-41-22-23-42(48)38-11-4-3-10-37(38)41/h1-11,28-30,33-34,39-42H,12-27H2,(H,45,49)(H,46,50)/t29?,30?,33?,34?,39-,40+,41-,42+. The van der Waals surface area contributed by atoms with E-state index in [1.54, 1.807) is 28.3 Å². The number of rotatable bonds is 10. The monoisotopic (exact) mass is 670 g/mol. The van der Waals surface area contributed by atoms with Crippen LogP contribution in [-0.4, -0.2) is 46.8 Å². The molecule has 2 saturated heterocycles. The Morgan fingerprint density at radius 2 is 0.840 bits per heavy atom. The summed E-state index contributed by atoms with van der Waals surface area (Å²) in [6.07, 6.45) is 16.6. The molecule has 0 unspecified atom stereocenters. The highest BCUT2D eigenvalue weighted by molar-refractivity contribution is 5.99. The maximum atomic E-state index is 13.3. The quantitative estimate of drug-likeness (QED) is 0.226. The lowest BCUT2D eigenvalue weighted by molar-refractivity contribution is 0.0918. The highest BCUT2D eigenvalue weighted by atomic mass is 16.2. The summed E-state index contributed by atoms with van der Waals surface area (Å²) in [5.74, 6) is 1.38. The Morgan fingerprint density at radius 3 is 1.20 bits per heavy atom. The van der Waals surface area contributed by atoms with Crippen molar-refractivity contribution in [1.29, 1.82) is 0 Å². The summed E-state index contributed by atoms with van der Waals surface area (Å²) in [4.78, 5) is 32.1. The van der Waals surface area contributed by atoms with Gasteiger partial charge in [0.05, 0.1) is 0 Å². The number of benzene rings is 3. The molecule has 6 nitrogen and oxygen atoms in total. The van der Waals surface area contributed by atoms with Crippen molar-refractivity contribution in [2.45, 2.75) is 126 Å². The van der Waals surface area contributed by atoms with E-state index in [0.29, 0.717) is 35.3 Å². The molecule has 2 aliphatic carbocycles. The van der Waals surface area contributed by atoms with E-state index in [2.05, 4.69) is 69.0 Å². The number of nitrogens with one attached hydrogen (secondary N) is 2. The molecule has 9 rings (SSSR count). The summed E-state index contributed by atoms with van der Waals surface area (Å²) in [6, 6.07) is 28.4. The smallest absolute Gasteiger partial charge is 0.251 e. The zero-order valence-corrected chi connectivity index (χ0v) is 29.6. The van der Waals surface area contributed by atoms with Crippen molar-refractivity contribution in [1.82, 2.24) is 20.4 Å². The van der Waals surface area contributed by atoms with Crippen LogP contribution in [0.1, 0.15) is 157 Å². The number of nitrogens with zero attached hydrogens (tertiary/aromatic N) is 2. The second-order valence-corrected chi connectivity index (χ2v) is 16.5. The number of amides is 2. The van der Waals surface area contributed by atoms with E-state index in [0.717, 1.165) is 37.5 Å². The van der Waals surface area contributed by atoms with Crippen LogP contribution in [0, 0.1) is 11.8 Å². The van der Waals surface area contributed by atoms with Gasteiger partial charge in [0, 0.05) is 47.4 Å². The number of fused-ring (bicyclic) bond motifs is 10. The normalized spacial score (nSPS) is 31.4. The Hall–Kier alpha value is -3.48. The van der Waals surface area contributed by atoms with Gasteiger partial charge in [-0.3, -0.25) is 19.4 Å².